The highest BCUT2D eigenvalue weighted by molar-refractivity contribution is 5.95. The Morgan fingerprint density at radius 1 is 1.08 bits per heavy atom. The Hall–Kier alpha value is -3.85. The molecule has 3 aromatic rings. The maximum atomic E-state index is 12.1. The van der Waals surface area contributed by atoms with Crippen LogP contribution in [0.3, 0.4) is 0 Å². The molecule has 0 bridgehead atoms. The number of phenols is 1. The van der Waals surface area contributed by atoms with Crippen molar-refractivity contribution in [2.24, 2.45) is 0 Å². The molecule has 39 heavy (non-hydrogen) atoms. The monoisotopic (exact) mass is 528 g/mol. The molecule has 3 aliphatic heterocycles. The van der Waals surface area contributed by atoms with Crippen molar-refractivity contribution in [2.75, 3.05) is 62.7 Å². The van der Waals surface area contributed by atoms with Crippen molar-refractivity contribution in [1.29, 1.82) is 0 Å². The molecule has 0 radical (unpaired) electrons. The predicted molar refractivity (Wildman–Crippen MR) is 153 cm³/mol. The molecule has 0 unspecified atom stereocenters. The fourth-order valence-corrected chi connectivity index (χ4v) is 6.08. The number of piperazine rings is 1. The van der Waals surface area contributed by atoms with Crippen LogP contribution >= 0.6 is 0 Å². The van der Waals surface area contributed by atoms with Crippen LogP contribution in [0.25, 0.3) is 10.8 Å². The van der Waals surface area contributed by atoms with Gasteiger partial charge >= 0.3 is 6.01 Å². The highest BCUT2D eigenvalue weighted by atomic mass is 16.5. The third-order valence-electron chi connectivity index (χ3n) is 8.11. The number of ether oxygens (including phenoxy) is 1. The molecule has 2 saturated heterocycles. The smallest absolute Gasteiger partial charge is 0.318 e. The molecular weight excluding hydrogens is 492 g/mol. The summed E-state index contributed by atoms with van der Waals surface area (Å²) in [6, 6.07) is 12.2. The molecule has 0 aliphatic carbocycles. The van der Waals surface area contributed by atoms with E-state index < -0.39 is 0 Å². The van der Waals surface area contributed by atoms with E-state index in [2.05, 4.69) is 34.4 Å². The Balaban J connectivity index is 1.33. The van der Waals surface area contributed by atoms with E-state index in [1.54, 1.807) is 6.07 Å². The minimum absolute atomic E-state index is 0.0289. The van der Waals surface area contributed by atoms with E-state index in [1.165, 1.54) is 6.08 Å². The van der Waals surface area contributed by atoms with Gasteiger partial charge in [-0.25, -0.2) is 0 Å². The van der Waals surface area contributed by atoms with Crippen LogP contribution in [0.2, 0.25) is 0 Å². The summed E-state index contributed by atoms with van der Waals surface area (Å²) >= 11 is 0. The van der Waals surface area contributed by atoms with Crippen molar-refractivity contribution in [2.45, 2.75) is 31.9 Å². The fraction of sp³-hybridized carbons (Fsp3) is 0.433. The summed E-state index contributed by atoms with van der Waals surface area (Å²) in [5.41, 5.74) is 3.11. The Bertz CT molecular complexity index is 1390. The molecule has 1 atom stereocenters. The van der Waals surface area contributed by atoms with Gasteiger partial charge in [0, 0.05) is 62.0 Å². The van der Waals surface area contributed by atoms with E-state index in [0.717, 1.165) is 72.4 Å². The molecule has 1 N–H and O–H groups in total. The number of likely N-dealkylation sites (N-methyl/N-ethyl adjacent to an activating group) is 1. The maximum absolute atomic E-state index is 12.1. The van der Waals surface area contributed by atoms with Gasteiger partial charge in [0.25, 0.3) is 0 Å². The molecule has 1 amide bonds. The van der Waals surface area contributed by atoms with E-state index in [-0.39, 0.29) is 17.8 Å². The number of rotatable bonds is 5. The topological polar surface area (TPSA) is 85.3 Å². The van der Waals surface area contributed by atoms with Crippen LogP contribution < -0.4 is 14.5 Å². The number of nitrogens with zero attached hydrogens (tertiary/aromatic N) is 6. The van der Waals surface area contributed by atoms with Crippen molar-refractivity contribution in [3.8, 4) is 11.8 Å². The fourth-order valence-electron chi connectivity index (χ4n) is 6.08. The number of anilines is 2. The van der Waals surface area contributed by atoms with Crippen molar-refractivity contribution in [3.63, 3.8) is 0 Å². The van der Waals surface area contributed by atoms with Crippen LogP contribution in [0.1, 0.15) is 24.1 Å². The van der Waals surface area contributed by atoms with Gasteiger partial charge in [-0.15, -0.1) is 0 Å². The number of carbonyl (C=O) groups is 1. The van der Waals surface area contributed by atoms with E-state index in [4.69, 9.17) is 14.7 Å². The standard InChI is InChI=1S/C30H36N6O3/c1-3-28(38)34-13-15-35(16-14-34)29-25-10-12-36(27-18-22(37)17-21-7-4-5-9-24(21)27)20-26(25)31-30(32-29)39-23-8-6-11-33(2)19-23/h3-5,7,9,17-18,23,37H,1,6,8,10-16,19-20H2,2H3/t23-/m1/s1. The predicted octanol–water partition coefficient (Wildman–Crippen LogP) is 3.21. The number of piperidine rings is 1. The van der Waals surface area contributed by atoms with E-state index in [9.17, 15) is 9.90 Å². The molecule has 3 aliphatic rings. The molecule has 2 aromatic carbocycles. The summed E-state index contributed by atoms with van der Waals surface area (Å²) in [6.07, 6.45) is 4.31. The van der Waals surface area contributed by atoms with Crippen molar-refractivity contribution in [1.82, 2.24) is 19.8 Å². The van der Waals surface area contributed by atoms with Crippen molar-refractivity contribution >= 4 is 28.2 Å². The zero-order valence-corrected chi connectivity index (χ0v) is 22.6. The van der Waals surface area contributed by atoms with Gasteiger partial charge in [0.2, 0.25) is 5.91 Å². The number of aromatic nitrogens is 2. The molecular formula is C30H36N6O3. The molecule has 6 rings (SSSR count). The minimum atomic E-state index is -0.0289. The Morgan fingerprint density at radius 2 is 1.90 bits per heavy atom. The lowest BCUT2D eigenvalue weighted by Crippen LogP contribution is -2.49. The second-order valence-corrected chi connectivity index (χ2v) is 10.8. The van der Waals surface area contributed by atoms with E-state index >= 15 is 0 Å². The normalized spacial score (nSPS) is 20.1. The third-order valence-corrected chi connectivity index (χ3v) is 8.11. The van der Waals surface area contributed by atoms with Crippen LogP contribution in [0.4, 0.5) is 11.5 Å². The molecule has 2 fully saturated rings. The minimum Gasteiger partial charge on any atom is -0.508 e. The molecule has 0 saturated carbocycles. The summed E-state index contributed by atoms with van der Waals surface area (Å²) in [4.78, 5) is 30.8. The molecule has 4 heterocycles. The van der Waals surface area contributed by atoms with Gasteiger partial charge < -0.3 is 29.4 Å². The second kappa shape index (κ2) is 10.7. The number of hydrogen-bond acceptors (Lipinski definition) is 8. The number of benzene rings is 2. The summed E-state index contributed by atoms with van der Waals surface area (Å²) in [6.45, 7) is 9.65. The molecule has 1 aromatic heterocycles. The number of hydrogen-bond donors (Lipinski definition) is 1. The maximum Gasteiger partial charge on any atom is 0.318 e. The second-order valence-electron chi connectivity index (χ2n) is 10.8. The molecule has 9 heteroatoms. The quantitative estimate of drug-likeness (QED) is 0.506. The first-order chi connectivity index (χ1) is 19.0. The van der Waals surface area contributed by atoms with Gasteiger partial charge in [0.15, 0.2) is 0 Å². The number of fused-ring (bicyclic) bond motifs is 2. The van der Waals surface area contributed by atoms with Crippen molar-refractivity contribution in [3.05, 3.63) is 60.3 Å². The van der Waals surface area contributed by atoms with Gasteiger partial charge in [-0.1, -0.05) is 30.8 Å². The Morgan fingerprint density at radius 3 is 2.69 bits per heavy atom. The SMILES string of the molecule is C=CC(=O)N1CCN(c2nc(O[C@@H]3CCCN(C)C3)nc3c2CCN(c2cc(O)cc4ccccc24)C3)CC1. The molecule has 0 spiro atoms. The van der Waals surface area contributed by atoms with E-state index in [0.29, 0.717) is 38.7 Å². The summed E-state index contributed by atoms with van der Waals surface area (Å²) in [7, 11) is 2.12. The van der Waals surface area contributed by atoms with Crippen LogP contribution in [-0.2, 0) is 17.8 Å². The number of aromatic hydroxyl groups is 1. The molecule has 204 valence electrons. The highest BCUT2D eigenvalue weighted by Gasteiger charge is 2.30. The van der Waals surface area contributed by atoms with Crippen LogP contribution in [-0.4, -0.2) is 89.7 Å². The number of carbonyl (C=O) groups excluding carboxylic acids is 1. The number of phenolic OH excluding ortho intramolecular Hbond substituents is 1. The third kappa shape index (κ3) is 5.23. The lowest BCUT2D eigenvalue weighted by atomic mass is 10.0. The first-order valence-corrected chi connectivity index (χ1v) is 13.9. The first kappa shape index (κ1) is 25.4. The zero-order valence-electron chi connectivity index (χ0n) is 22.6. The number of likely N-dealkylation sites (tertiary alicyclic amines) is 1. The van der Waals surface area contributed by atoms with Gasteiger partial charge in [-0.05, 0) is 50.4 Å². The average molecular weight is 529 g/mol. The van der Waals surface area contributed by atoms with Gasteiger partial charge in [0.05, 0.1) is 12.2 Å². The van der Waals surface area contributed by atoms with Crippen molar-refractivity contribution < 1.29 is 14.6 Å². The first-order valence-electron chi connectivity index (χ1n) is 13.9. The summed E-state index contributed by atoms with van der Waals surface area (Å²) in [5.74, 6) is 1.15. The van der Waals surface area contributed by atoms with Crippen LogP contribution in [0.5, 0.6) is 11.8 Å². The van der Waals surface area contributed by atoms with Gasteiger partial charge in [0.1, 0.15) is 17.7 Å². The van der Waals surface area contributed by atoms with Gasteiger partial charge in [-0.3, -0.25) is 4.79 Å². The molecule has 9 nitrogen and oxygen atoms in total. The summed E-state index contributed by atoms with van der Waals surface area (Å²) in [5, 5.41) is 12.6. The lowest BCUT2D eigenvalue weighted by Gasteiger charge is -2.38. The van der Waals surface area contributed by atoms with Crippen LogP contribution in [0.15, 0.2) is 49.1 Å². The Kier molecular flexibility index (Phi) is 6.99. The highest BCUT2D eigenvalue weighted by Crippen LogP contribution is 2.36. The van der Waals surface area contributed by atoms with Gasteiger partial charge in [-0.2, -0.15) is 9.97 Å². The lowest BCUT2D eigenvalue weighted by molar-refractivity contribution is -0.126. The van der Waals surface area contributed by atoms with Crippen LogP contribution in [0, 0.1) is 0 Å². The largest absolute Gasteiger partial charge is 0.508 e. The summed E-state index contributed by atoms with van der Waals surface area (Å²) < 4.78 is 6.40. The van der Waals surface area contributed by atoms with E-state index in [1.807, 2.05) is 29.2 Å². The Labute approximate surface area is 229 Å². The zero-order chi connectivity index (χ0) is 26.9. The average Bonchev–Trinajstić information content (AvgIpc) is 2.95. The number of amides is 1.